The average Bonchev–Trinajstić information content (AvgIpc) is 4.12. The lowest BCUT2D eigenvalue weighted by atomic mass is 9.68. The van der Waals surface area contributed by atoms with Crippen LogP contribution in [-0.2, 0) is 19.1 Å². The van der Waals surface area contributed by atoms with Crippen molar-refractivity contribution in [3.63, 3.8) is 0 Å². The van der Waals surface area contributed by atoms with E-state index in [-0.39, 0.29) is 46.9 Å². The van der Waals surface area contributed by atoms with Crippen LogP contribution in [0.4, 0.5) is 9.59 Å². The van der Waals surface area contributed by atoms with Crippen LogP contribution in [0.2, 0.25) is 0 Å². The van der Waals surface area contributed by atoms with Gasteiger partial charge < -0.3 is 36.1 Å². The van der Waals surface area contributed by atoms with Crippen molar-refractivity contribution in [3.8, 4) is 6.07 Å². The summed E-state index contributed by atoms with van der Waals surface area (Å²) in [5.41, 5.74) is 12.8. The van der Waals surface area contributed by atoms with E-state index in [2.05, 4.69) is 59.9 Å². The van der Waals surface area contributed by atoms with Crippen molar-refractivity contribution in [2.45, 2.75) is 166 Å². The smallest absolute Gasteiger partial charge is 0.410 e. The van der Waals surface area contributed by atoms with E-state index in [4.69, 9.17) is 20.9 Å². The lowest BCUT2D eigenvalue weighted by molar-refractivity contribution is -0.134. The molecule has 0 aliphatic heterocycles. The average molecular weight is 915 g/mol. The Labute approximate surface area is 398 Å². The Kier molecular flexibility index (Phi) is 14.8. The maximum atomic E-state index is 12.8. The van der Waals surface area contributed by atoms with E-state index >= 15 is 0 Å². The van der Waals surface area contributed by atoms with E-state index in [1.165, 1.54) is 23.1 Å². The predicted octanol–water partition coefficient (Wildman–Crippen LogP) is 9.70. The minimum atomic E-state index is -0.583. The molecule has 3 aromatic carbocycles. The normalized spacial score (nSPS) is 25.4. The molecule has 0 spiro atoms. The summed E-state index contributed by atoms with van der Waals surface area (Å²) < 4.78 is 11.2. The van der Waals surface area contributed by atoms with Crippen molar-refractivity contribution >= 4 is 24.0 Å². The summed E-state index contributed by atoms with van der Waals surface area (Å²) in [6.07, 6.45) is 10.8. The van der Waals surface area contributed by atoms with Gasteiger partial charge in [-0.2, -0.15) is 5.26 Å². The van der Waals surface area contributed by atoms with Gasteiger partial charge in [-0.15, -0.1) is 0 Å². The highest BCUT2D eigenvalue weighted by Crippen LogP contribution is 2.51. The molecule has 360 valence electrons. The lowest BCUT2D eigenvalue weighted by Gasteiger charge is -2.42. The zero-order chi connectivity index (χ0) is 48.2. The van der Waals surface area contributed by atoms with E-state index in [9.17, 15) is 24.4 Å². The lowest BCUT2D eigenvalue weighted by Crippen LogP contribution is -2.53. The van der Waals surface area contributed by atoms with Crippen LogP contribution in [0.15, 0.2) is 91.0 Å². The summed E-state index contributed by atoms with van der Waals surface area (Å²) in [6, 6.07) is 34.3. The fourth-order valence-electron chi connectivity index (χ4n) is 10.0. The number of carbonyl (C=O) groups excluding carboxylic acids is 4. The first kappa shape index (κ1) is 49.5. The molecule has 12 nitrogen and oxygen atoms in total. The molecule has 0 aromatic heterocycles. The monoisotopic (exact) mass is 915 g/mol. The topological polar surface area (TPSA) is 181 Å². The zero-order valence-electron chi connectivity index (χ0n) is 40.7. The van der Waals surface area contributed by atoms with Crippen LogP contribution < -0.4 is 16.8 Å². The second kappa shape index (κ2) is 20.0. The van der Waals surface area contributed by atoms with Crippen molar-refractivity contribution in [3.05, 3.63) is 108 Å². The van der Waals surface area contributed by atoms with Gasteiger partial charge in [0.25, 0.3) is 0 Å². The summed E-state index contributed by atoms with van der Waals surface area (Å²) in [7, 11) is 0. The number of nitrogens with two attached hydrogens (primary N) is 2. The predicted molar refractivity (Wildman–Crippen MR) is 260 cm³/mol. The third kappa shape index (κ3) is 12.4. The van der Waals surface area contributed by atoms with Crippen LogP contribution in [0.1, 0.15) is 153 Å². The van der Waals surface area contributed by atoms with Gasteiger partial charge in [-0.3, -0.25) is 9.59 Å². The van der Waals surface area contributed by atoms with E-state index < -0.39 is 16.6 Å². The minimum Gasteiger partial charge on any atom is -0.444 e. The molecule has 3 aromatic rings. The molecular weight excluding hydrogens is 841 g/mol. The second-order valence-corrected chi connectivity index (χ2v) is 22.3. The molecule has 3 unspecified atom stereocenters. The first-order chi connectivity index (χ1) is 31.8. The molecule has 6 saturated carbocycles. The van der Waals surface area contributed by atoms with Crippen molar-refractivity contribution in [2.24, 2.45) is 27.7 Å². The largest absolute Gasteiger partial charge is 0.444 e. The number of hydrogen-bond acceptors (Lipinski definition) is 8. The Morgan fingerprint density at radius 3 is 1.31 bits per heavy atom. The molecule has 0 heterocycles. The van der Waals surface area contributed by atoms with Gasteiger partial charge in [0, 0.05) is 55.5 Å². The number of carbonyl (C=O) groups is 4. The molecule has 0 bridgehead atoms. The SMILES string of the molecule is CC(C)(C)OC(=O)N(CC1(C#N)CCC1)[C@H]1CC1c1ccccc1.CC(C)(C)OC(=O)N(CC1(C(N)=O)CCC1)[C@H]1CC1c1ccccc1.NC(=O)C1(CN[C@H]2CC2c2ccccc2)CCC1. The number of primary amides is 2. The van der Waals surface area contributed by atoms with E-state index in [1.54, 1.807) is 4.90 Å². The van der Waals surface area contributed by atoms with Crippen molar-refractivity contribution in [1.82, 2.24) is 15.1 Å². The summed E-state index contributed by atoms with van der Waals surface area (Å²) in [5.74, 6) is 0.854. The Hall–Kier alpha value is -5.41. The highest BCUT2D eigenvalue weighted by atomic mass is 16.6. The molecule has 4 amide bonds. The molecule has 6 atom stereocenters. The fourth-order valence-corrected chi connectivity index (χ4v) is 10.0. The highest BCUT2D eigenvalue weighted by molar-refractivity contribution is 5.83. The maximum Gasteiger partial charge on any atom is 0.410 e. The number of rotatable bonds is 14. The van der Waals surface area contributed by atoms with Crippen LogP contribution >= 0.6 is 0 Å². The summed E-state index contributed by atoms with van der Waals surface area (Å²) >= 11 is 0. The van der Waals surface area contributed by atoms with Gasteiger partial charge in [-0.05, 0) is 116 Å². The number of nitrogens with zero attached hydrogens (tertiary/aromatic N) is 3. The molecule has 6 aliphatic rings. The van der Waals surface area contributed by atoms with Crippen LogP contribution in [0.3, 0.4) is 0 Å². The van der Waals surface area contributed by atoms with Crippen LogP contribution in [0.25, 0.3) is 0 Å². The highest BCUT2D eigenvalue weighted by Gasteiger charge is 2.53. The Morgan fingerprint density at radius 1 is 0.597 bits per heavy atom. The third-order valence-corrected chi connectivity index (χ3v) is 14.9. The van der Waals surface area contributed by atoms with Gasteiger partial charge >= 0.3 is 12.2 Å². The standard InChI is InChI=1S/C20H28N2O3.C20H26N2O2.C15H20N2O/c1-19(2,3)25-18(24)22(13-20(17(21)23)10-7-11-20)16-12-15(16)14-8-5-4-6-9-14;1-19(2,3)24-18(23)22(14-20(13-21)10-7-11-20)17-12-16(17)15-8-5-4-6-9-15;16-14(18)15(7-4-8-15)10-17-13-9-12(13)11-5-2-1-3-6-11/h4-6,8-9,15-16H,7,10-13H2,1-3H3,(H2,21,23);4-6,8-9,16-17H,7,10-12,14H2,1-3H3;1-3,5-6,12-13,17H,4,7-10H2,(H2,16,18)/t15?,16-;16?,17-;12?,13-/m000/s1. The quantitative estimate of drug-likeness (QED) is 0.143. The first-order valence-electron chi connectivity index (χ1n) is 24.7. The maximum absolute atomic E-state index is 12.8. The number of hydrogen-bond donors (Lipinski definition) is 3. The molecule has 9 rings (SSSR count). The molecule has 5 N–H and O–H groups in total. The molecule has 6 fully saturated rings. The van der Waals surface area contributed by atoms with Crippen LogP contribution in [0.5, 0.6) is 0 Å². The Morgan fingerprint density at radius 2 is 0.985 bits per heavy atom. The van der Waals surface area contributed by atoms with Crippen molar-refractivity contribution < 1.29 is 28.7 Å². The molecule has 6 aliphatic carbocycles. The van der Waals surface area contributed by atoms with Crippen LogP contribution in [-0.4, -0.2) is 82.8 Å². The zero-order valence-corrected chi connectivity index (χ0v) is 40.7. The first-order valence-corrected chi connectivity index (χ1v) is 24.7. The van der Waals surface area contributed by atoms with E-state index in [1.807, 2.05) is 88.9 Å². The number of amides is 4. The van der Waals surface area contributed by atoms with Crippen molar-refractivity contribution in [2.75, 3.05) is 19.6 Å². The molecule has 67 heavy (non-hydrogen) atoms. The number of nitrogens with one attached hydrogen (secondary N) is 1. The van der Waals surface area contributed by atoms with Crippen LogP contribution in [0, 0.1) is 27.6 Å². The fraction of sp³-hybridized carbons (Fsp3) is 0.582. The third-order valence-electron chi connectivity index (χ3n) is 14.9. The number of nitriles is 1. The molecule has 0 radical (unpaired) electrons. The van der Waals surface area contributed by atoms with E-state index in [0.717, 1.165) is 77.2 Å². The second-order valence-electron chi connectivity index (χ2n) is 22.3. The van der Waals surface area contributed by atoms with Gasteiger partial charge in [0.15, 0.2) is 0 Å². The Bertz CT molecular complexity index is 2220. The number of ether oxygens (including phenoxy) is 2. The molecule has 0 saturated heterocycles. The van der Waals surface area contributed by atoms with Gasteiger partial charge in [0.2, 0.25) is 11.8 Å². The molecular formula is C55H74N6O6. The minimum absolute atomic E-state index is 0.0778. The summed E-state index contributed by atoms with van der Waals surface area (Å²) in [4.78, 5) is 52.6. The van der Waals surface area contributed by atoms with Gasteiger partial charge in [-0.1, -0.05) is 110 Å². The molecule has 12 heteroatoms. The summed E-state index contributed by atoms with van der Waals surface area (Å²) in [5, 5.41) is 13.1. The summed E-state index contributed by atoms with van der Waals surface area (Å²) in [6.45, 7) is 12.8. The van der Waals surface area contributed by atoms with Gasteiger partial charge in [0.1, 0.15) is 11.2 Å². The Balaban J connectivity index is 0.000000151. The van der Waals surface area contributed by atoms with E-state index in [0.29, 0.717) is 36.9 Å². The number of benzene rings is 3. The van der Waals surface area contributed by atoms with Gasteiger partial charge in [0.05, 0.1) is 22.3 Å². The van der Waals surface area contributed by atoms with Crippen molar-refractivity contribution in [1.29, 1.82) is 5.26 Å². The van der Waals surface area contributed by atoms with Gasteiger partial charge in [-0.25, -0.2) is 9.59 Å².